The molecule has 31 heavy (non-hydrogen) atoms. The maximum absolute atomic E-state index is 12.9. The van der Waals surface area contributed by atoms with E-state index in [0.717, 1.165) is 0 Å². The number of hydrogen-bond acceptors (Lipinski definition) is 7. The molecule has 1 aliphatic heterocycles. The summed E-state index contributed by atoms with van der Waals surface area (Å²) in [5, 5.41) is 22.7. The quantitative estimate of drug-likeness (QED) is 0.180. The second-order valence-electron chi connectivity index (χ2n) is 7.64. The molecule has 4 atom stereocenters. The van der Waals surface area contributed by atoms with Crippen molar-refractivity contribution in [2.45, 2.75) is 76.0 Å². The van der Waals surface area contributed by atoms with Crippen molar-refractivity contribution in [1.82, 2.24) is 15.5 Å². The van der Waals surface area contributed by atoms with E-state index in [1.54, 1.807) is 0 Å². The maximum Gasteiger partial charge on any atom is 0.325 e. The number of rotatable bonds is 13. The van der Waals surface area contributed by atoms with Gasteiger partial charge in [0.25, 0.3) is 0 Å². The van der Waals surface area contributed by atoms with Crippen LogP contribution in [0.4, 0.5) is 0 Å². The highest BCUT2D eigenvalue weighted by molar-refractivity contribution is 5.94. The summed E-state index contributed by atoms with van der Waals surface area (Å²) >= 11 is 0. The van der Waals surface area contributed by atoms with Crippen LogP contribution in [0.3, 0.4) is 0 Å². The molecule has 1 heterocycles. The lowest BCUT2D eigenvalue weighted by Gasteiger charge is -2.28. The van der Waals surface area contributed by atoms with Gasteiger partial charge in [0.1, 0.15) is 18.1 Å². The molecule has 0 aromatic heterocycles. The van der Waals surface area contributed by atoms with Crippen LogP contribution in [0.1, 0.15) is 51.9 Å². The molecular formula is C19H33N5O7. The molecule has 1 fully saturated rings. The fraction of sp³-hybridized carbons (Fsp3) is 0.737. The second-order valence-corrected chi connectivity index (χ2v) is 7.64. The first kappa shape index (κ1) is 26.3. The highest BCUT2D eigenvalue weighted by Gasteiger charge is 2.37. The Morgan fingerprint density at radius 3 is 2.35 bits per heavy atom. The molecule has 1 rings (SSSR count). The summed E-state index contributed by atoms with van der Waals surface area (Å²) in [6.45, 7) is 2.03. The highest BCUT2D eigenvalue weighted by atomic mass is 16.4. The SMILES string of the molecule is CC(NC(=O)C(CCCCN)NC(=O)C1CCCN1C(=O)C(N)CCC(=O)O)C(=O)O. The largest absolute Gasteiger partial charge is 0.481 e. The van der Waals surface area contributed by atoms with Gasteiger partial charge in [-0.05, 0) is 52.0 Å². The summed E-state index contributed by atoms with van der Waals surface area (Å²) in [7, 11) is 0. The Morgan fingerprint density at radius 2 is 1.77 bits per heavy atom. The average molecular weight is 444 g/mol. The number of hydrogen-bond donors (Lipinski definition) is 6. The minimum Gasteiger partial charge on any atom is -0.481 e. The van der Waals surface area contributed by atoms with Gasteiger partial charge in [0.05, 0.1) is 6.04 Å². The number of nitrogens with one attached hydrogen (secondary N) is 2. The van der Waals surface area contributed by atoms with Crippen molar-refractivity contribution in [3.8, 4) is 0 Å². The van der Waals surface area contributed by atoms with E-state index in [0.29, 0.717) is 38.8 Å². The van der Waals surface area contributed by atoms with Gasteiger partial charge in [0.15, 0.2) is 0 Å². The molecule has 0 aromatic carbocycles. The molecule has 0 spiro atoms. The van der Waals surface area contributed by atoms with E-state index in [9.17, 15) is 24.0 Å². The highest BCUT2D eigenvalue weighted by Crippen LogP contribution is 2.19. The normalized spacial score (nSPS) is 18.7. The molecule has 176 valence electrons. The number of carbonyl (C=O) groups excluding carboxylic acids is 3. The zero-order valence-corrected chi connectivity index (χ0v) is 17.7. The van der Waals surface area contributed by atoms with Crippen molar-refractivity contribution >= 4 is 29.7 Å². The van der Waals surface area contributed by atoms with E-state index in [4.69, 9.17) is 21.7 Å². The van der Waals surface area contributed by atoms with E-state index in [2.05, 4.69) is 10.6 Å². The summed E-state index contributed by atoms with van der Waals surface area (Å²) < 4.78 is 0. The van der Waals surface area contributed by atoms with Crippen molar-refractivity contribution in [2.24, 2.45) is 11.5 Å². The molecule has 0 radical (unpaired) electrons. The van der Waals surface area contributed by atoms with Gasteiger partial charge in [0, 0.05) is 13.0 Å². The van der Waals surface area contributed by atoms with Gasteiger partial charge in [-0.2, -0.15) is 0 Å². The monoisotopic (exact) mass is 443 g/mol. The van der Waals surface area contributed by atoms with E-state index >= 15 is 0 Å². The van der Waals surface area contributed by atoms with Gasteiger partial charge in [-0.25, -0.2) is 0 Å². The molecule has 4 unspecified atom stereocenters. The lowest BCUT2D eigenvalue weighted by molar-refractivity contribution is -0.143. The van der Waals surface area contributed by atoms with E-state index in [1.165, 1.54) is 11.8 Å². The van der Waals surface area contributed by atoms with E-state index in [-0.39, 0.29) is 19.3 Å². The Labute approximate surface area is 180 Å². The number of amides is 3. The Hall–Kier alpha value is -2.73. The van der Waals surface area contributed by atoms with E-state index in [1.807, 2.05) is 0 Å². The predicted octanol–water partition coefficient (Wildman–Crippen LogP) is -1.63. The summed E-state index contributed by atoms with van der Waals surface area (Å²) in [6, 6.07) is -3.97. The molecule has 0 bridgehead atoms. The van der Waals surface area contributed by atoms with Crippen molar-refractivity contribution in [2.75, 3.05) is 13.1 Å². The lowest BCUT2D eigenvalue weighted by Crippen LogP contribution is -2.56. The maximum atomic E-state index is 12.9. The standard InChI is InChI=1S/C19H33N5O7/c1-11(19(30)31)22-16(27)13(5-2-3-9-20)23-17(28)14-6-4-10-24(14)18(29)12(21)7-8-15(25)26/h11-14H,2-10,20-21H2,1H3,(H,22,27)(H,23,28)(H,25,26)(H,30,31). The Morgan fingerprint density at radius 1 is 1.10 bits per heavy atom. The van der Waals surface area contributed by atoms with Gasteiger partial charge in [0.2, 0.25) is 17.7 Å². The van der Waals surface area contributed by atoms with Crippen LogP contribution >= 0.6 is 0 Å². The van der Waals surface area contributed by atoms with Crippen LogP contribution in [0.15, 0.2) is 0 Å². The summed E-state index contributed by atoms with van der Waals surface area (Å²) in [4.78, 5) is 61.0. The molecule has 1 aliphatic rings. The summed E-state index contributed by atoms with van der Waals surface area (Å²) in [5.74, 6) is -3.95. The van der Waals surface area contributed by atoms with Gasteiger partial charge >= 0.3 is 11.9 Å². The van der Waals surface area contributed by atoms with Crippen LogP contribution in [0.2, 0.25) is 0 Å². The van der Waals surface area contributed by atoms with Crippen LogP contribution in [-0.4, -0.2) is 82.0 Å². The summed E-state index contributed by atoms with van der Waals surface area (Å²) in [5.41, 5.74) is 11.3. The van der Waals surface area contributed by atoms with Crippen LogP contribution in [-0.2, 0) is 24.0 Å². The van der Waals surface area contributed by atoms with Crippen molar-refractivity contribution in [3.05, 3.63) is 0 Å². The first-order valence-electron chi connectivity index (χ1n) is 10.4. The number of nitrogens with two attached hydrogens (primary N) is 2. The Balaban J connectivity index is 2.82. The van der Waals surface area contributed by atoms with Crippen LogP contribution < -0.4 is 22.1 Å². The fourth-order valence-corrected chi connectivity index (χ4v) is 3.32. The number of carboxylic acid groups (broad SMARTS) is 2. The molecule has 8 N–H and O–H groups in total. The fourth-order valence-electron chi connectivity index (χ4n) is 3.32. The van der Waals surface area contributed by atoms with Crippen LogP contribution in [0.25, 0.3) is 0 Å². The zero-order chi connectivity index (χ0) is 23.6. The van der Waals surface area contributed by atoms with Gasteiger partial charge in [-0.1, -0.05) is 0 Å². The van der Waals surface area contributed by atoms with Gasteiger partial charge in [-0.3, -0.25) is 24.0 Å². The molecule has 3 amide bonds. The third-order valence-electron chi connectivity index (χ3n) is 5.13. The van der Waals surface area contributed by atoms with Crippen molar-refractivity contribution in [1.29, 1.82) is 0 Å². The smallest absolute Gasteiger partial charge is 0.325 e. The number of carbonyl (C=O) groups is 5. The first-order chi connectivity index (χ1) is 14.6. The molecule has 12 nitrogen and oxygen atoms in total. The minimum absolute atomic E-state index is 0.0454. The molecule has 0 saturated carbocycles. The van der Waals surface area contributed by atoms with Crippen molar-refractivity contribution in [3.63, 3.8) is 0 Å². The summed E-state index contributed by atoms with van der Waals surface area (Å²) in [6.07, 6.45) is 2.07. The Bertz CT molecular complexity index is 672. The van der Waals surface area contributed by atoms with Crippen molar-refractivity contribution < 1.29 is 34.2 Å². The number of nitrogens with zero attached hydrogens (tertiary/aromatic N) is 1. The topological polar surface area (TPSA) is 205 Å². The number of carboxylic acids is 2. The molecular weight excluding hydrogens is 410 g/mol. The second kappa shape index (κ2) is 12.8. The third kappa shape index (κ3) is 8.50. The molecule has 0 aromatic rings. The minimum atomic E-state index is -1.21. The third-order valence-corrected chi connectivity index (χ3v) is 5.13. The number of unbranched alkanes of at least 4 members (excludes halogenated alkanes) is 1. The van der Waals surface area contributed by atoms with Crippen LogP contribution in [0, 0.1) is 0 Å². The molecule has 1 saturated heterocycles. The zero-order valence-electron chi connectivity index (χ0n) is 17.7. The molecule has 0 aliphatic carbocycles. The predicted molar refractivity (Wildman–Crippen MR) is 110 cm³/mol. The van der Waals surface area contributed by atoms with E-state index < -0.39 is 53.8 Å². The van der Waals surface area contributed by atoms with Crippen LogP contribution in [0.5, 0.6) is 0 Å². The Kier molecular flexibility index (Phi) is 10.9. The first-order valence-corrected chi connectivity index (χ1v) is 10.4. The number of likely N-dealkylation sites (tertiary alicyclic amines) is 1. The van der Waals surface area contributed by atoms with Gasteiger partial charge in [-0.15, -0.1) is 0 Å². The molecule has 12 heteroatoms. The number of aliphatic carboxylic acids is 2. The van der Waals surface area contributed by atoms with Gasteiger partial charge < -0.3 is 37.2 Å². The average Bonchev–Trinajstić information content (AvgIpc) is 3.20. The lowest BCUT2D eigenvalue weighted by atomic mass is 10.1.